The van der Waals surface area contributed by atoms with Crippen molar-refractivity contribution >= 4 is 57.6 Å². The molecule has 33 heavy (non-hydrogen) atoms. The Labute approximate surface area is 208 Å². The summed E-state index contributed by atoms with van der Waals surface area (Å²) in [6.07, 6.45) is 5.50. The molecule has 5 rings (SSSR count). The summed E-state index contributed by atoms with van der Waals surface area (Å²) in [5.74, 6) is 1.26. The van der Waals surface area contributed by atoms with Crippen LogP contribution in [-0.4, -0.2) is 38.7 Å². The van der Waals surface area contributed by atoms with Gasteiger partial charge in [-0.1, -0.05) is 11.6 Å². The number of aryl methyl sites for hydroxylation is 1. The molecule has 2 atom stereocenters. The first-order chi connectivity index (χ1) is 15.8. The molecule has 1 saturated carbocycles. The molecule has 172 valence electrons. The molecule has 1 aliphatic carbocycles. The average Bonchev–Trinajstić information content (AvgIpc) is 3.43. The van der Waals surface area contributed by atoms with Crippen LogP contribution in [0.3, 0.4) is 0 Å². The molecule has 1 aliphatic heterocycles. The van der Waals surface area contributed by atoms with Gasteiger partial charge in [0.05, 0.1) is 10.7 Å². The van der Waals surface area contributed by atoms with Gasteiger partial charge in [-0.15, -0.1) is 0 Å². The van der Waals surface area contributed by atoms with E-state index >= 15 is 0 Å². The number of benzene rings is 1. The van der Waals surface area contributed by atoms with Crippen LogP contribution in [0.4, 0.5) is 21.8 Å². The minimum absolute atomic E-state index is 0.0579. The Bertz CT molecular complexity index is 1200. The van der Waals surface area contributed by atoms with E-state index in [1.54, 1.807) is 11.7 Å². The van der Waals surface area contributed by atoms with Gasteiger partial charge in [0.1, 0.15) is 17.2 Å². The fraction of sp³-hybridized carbons (Fsp3) is 0.364. The van der Waals surface area contributed by atoms with E-state index in [-0.39, 0.29) is 16.8 Å². The van der Waals surface area contributed by atoms with E-state index in [2.05, 4.69) is 47.9 Å². The van der Waals surface area contributed by atoms with Crippen LogP contribution in [0.15, 0.2) is 30.6 Å². The second-order valence-corrected chi connectivity index (χ2v) is 10.3. The van der Waals surface area contributed by atoms with Crippen molar-refractivity contribution in [3.63, 3.8) is 0 Å². The topological polar surface area (TPSA) is 102 Å². The van der Waals surface area contributed by atoms with Gasteiger partial charge in [-0.25, -0.2) is 14.4 Å². The molecule has 3 aromatic rings. The third-order valence-corrected chi connectivity index (χ3v) is 7.40. The predicted octanol–water partition coefficient (Wildman–Crippen LogP) is 4.07. The van der Waals surface area contributed by atoms with Gasteiger partial charge in [0.15, 0.2) is 0 Å². The van der Waals surface area contributed by atoms with Crippen LogP contribution in [0.2, 0.25) is 5.02 Å². The van der Waals surface area contributed by atoms with Crippen LogP contribution in [0.1, 0.15) is 34.8 Å². The Hall–Kier alpha value is -2.47. The number of hydrogen-bond acceptors (Lipinski definition) is 6. The molecule has 2 aromatic heterocycles. The highest BCUT2D eigenvalue weighted by Crippen LogP contribution is 2.47. The number of rotatable bonds is 4. The van der Waals surface area contributed by atoms with E-state index in [0.29, 0.717) is 34.6 Å². The number of anilines is 3. The molecule has 2 fully saturated rings. The Morgan fingerprint density at radius 3 is 2.55 bits per heavy atom. The maximum atomic E-state index is 13.5. The SMILES string of the molecule is Cn1nc(C2CC3CN(c4ncc(I)cn4)CC3C2)c(C(=O)Nc2ccc(F)c(Cl)c2)c1N. The van der Waals surface area contributed by atoms with E-state index in [4.69, 9.17) is 17.3 Å². The zero-order valence-electron chi connectivity index (χ0n) is 17.8. The van der Waals surface area contributed by atoms with Crippen molar-refractivity contribution in [2.24, 2.45) is 18.9 Å². The highest BCUT2D eigenvalue weighted by molar-refractivity contribution is 14.1. The second kappa shape index (κ2) is 8.71. The van der Waals surface area contributed by atoms with Gasteiger partial charge >= 0.3 is 0 Å². The fourth-order valence-electron chi connectivity index (χ4n) is 5.00. The van der Waals surface area contributed by atoms with Crippen LogP contribution in [0, 0.1) is 21.2 Å². The summed E-state index contributed by atoms with van der Waals surface area (Å²) in [5.41, 5.74) is 7.72. The normalized spacial score (nSPS) is 21.9. The standard InChI is InChI=1S/C22H22ClFIN7O/c1-31-20(26)18(21(33)29-15-2-3-17(24)16(23)6-15)19(30-31)11-4-12-9-32(10-13(12)5-11)22-27-7-14(25)8-28-22/h2-3,6-8,11-13H,4-5,9-10,26H2,1H3,(H,29,33). The van der Waals surface area contributed by atoms with E-state index < -0.39 is 5.82 Å². The van der Waals surface area contributed by atoms with Crippen LogP contribution in [-0.2, 0) is 7.05 Å². The molecule has 1 aromatic carbocycles. The molecule has 1 amide bonds. The number of carbonyl (C=O) groups is 1. The van der Waals surface area contributed by atoms with Gasteiger partial charge in [-0.05, 0) is 65.5 Å². The molecule has 2 unspecified atom stereocenters. The highest BCUT2D eigenvalue weighted by atomic mass is 127. The number of halogens is 3. The number of nitrogens with zero attached hydrogens (tertiary/aromatic N) is 5. The molecule has 2 aliphatic rings. The molecule has 0 bridgehead atoms. The number of nitrogens with two attached hydrogens (primary N) is 1. The molecule has 0 spiro atoms. The van der Waals surface area contributed by atoms with Crippen molar-refractivity contribution in [2.75, 3.05) is 29.0 Å². The lowest BCUT2D eigenvalue weighted by Gasteiger charge is -2.19. The highest BCUT2D eigenvalue weighted by Gasteiger charge is 2.44. The number of nitrogen functional groups attached to an aromatic ring is 1. The largest absolute Gasteiger partial charge is 0.383 e. The first-order valence-corrected chi connectivity index (χ1v) is 12.1. The van der Waals surface area contributed by atoms with Gasteiger partial charge in [0.25, 0.3) is 5.91 Å². The van der Waals surface area contributed by atoms with Gasteiger partial charge in [-0.3, -0.25) is 9.48 Å². The minimum atomic E-state index is -0.543. The summed E-state index contributed by atoms with van der Waals surface area (Å²) >= 11 is 8.05. The summed E-state index contributed by atoms with van der Waals surface area (Å²) < 4.78 is 16.0. The van der Waals surface area contributed by atoms with Crippen LogP contribution >= 0.6 is 34.2 Å². The number of aromatic nitrogens is 4. The third-order valence-electron chi connectivity index (χ3n) is 6.55. The zero-order valence-corrected chi connectivity index (χ0v) is 20.7. The molecule has 0 radical (unpaired) electrons. The molecule has 11 heteroatoms. The minimum Gasteiger partial charge on any atom is -0.383 e. The maximum absolute atomic E-state index is 13.5. The van der Waals surface area contributed by atoms with Crippen LogP contribution < -0.4 is 16.0 Å². The first kappa shape index (κ1) is 22.3. The van der Waals surface area contributed by atoms with E-state index in [9.17, 15) is 9.18 Å². The molecular weight excluding hydrogens is 560 g/mol. The third kappa shape index (κ3) is 4.25. The summed E-state index contributed by atoms with van der Waals surface area (Å²) in [4.78, 5) is 24.3. The number of carbonyl (C=O) groups excluding carboxylic acids is 1. The smallest absolute Gasteiger partial charge is 0.261 e. The Morgan fingerprint density at radius 1 is 1.24 bits per heavy atom. The fourth-order valence-corrected chi connectivity index (χ4v) is 5.46. The lowest BCUT2D eigenvalue weighted by atomic mass is 9.97. The first-order valence-electron chi connectivity index (χ1n) is 10.6. The van der Waals surface area contributed by atoms with Crippen LogP contribution in [0.25, 0.3) is 0 Å². The molecule has 1 saturated heterocycles. The zero-order chi connectivity index (χ0) is 23.3. The second-order valence-electron chi connectivity index (χ2n) is 8.65. The van der Waals surface area contributed by atoms with Crippen molar-refractivity contribution in [1.82, 2.24) is 19.7 Å². The Balaban J connectivity index is 1.33. The van der Waals surface area contributed by atoms with E-state index in [1.807, 2.05) is 12.4 Å². The van der Waals surface area contributed by atoms with Gasteiger partial charge < -0.3 is 16.0 Å². The van der Waals surface area contributed by atoms with Gasteiger partial charge in [0.2, 0.25) is 5.95 Å². The number of fused-ring (bicyclic) bond motifs is 1. The van der Waals surface area contributed by atoms with Crippen molar-refractivity contribution in [3.05, 3.63) is 56.3 Å². The van der Waals surface area contributed by atoms with E-state index in [1.165, 1.54) is 18.2 Å². The summed E-state index contributed by atoms with van der Waals surface area (Å²) in [6, 6.07) is 4.06. The Morgan fingerprint density at radius 2 is 1.91 bits per heavy atom. The monoisotopic (exact) mass is 581 g/mol. The summed E-state index contributed by atoms with van der Waals surface area (Å²) in [6.45, 7) is 1.78. The Kier molecular flexibility index (Phi) is 5.89. The lowest BCUT2D eigenvalue weighted by molar-refractivity contribution is 0.102. The molecule has 3 N–H and O–H groups in total. The molecular formula is C22H22ClFIN7O. The number of amides is 1. The number of nitrogens with one attached hydrogen (secondary N) is 1. The van der Waals surface area contributed by atoms with Crippen molar-refractivity contribution in [3.8, 4) is 0 Å². The summed E-state index contributed by atoms with van der Waals surface area (Å²) in [7, 11) is 1.73. The van der Waals surface area contributed by atoms with Gasteiger partial charge in [0, 0.05) is 47.7 Å². The van der Waals surface area contributed by atoms with Crippen LogP contribution in [0.5, 0.6) is 0 Å². The predicted molar refractivity (Wildman–Crippen MR) is 133 cm³/mol. The molecule has 3 heterocycles. The van der Waals surface area contributed by atoms with E-state index in [0.717, 1.165) is 35.4 Å². The summed E-state index contributed by atoms with van der Waals surface area (Å²) in [5, 5.41) is 7.33. The van der Waals surface area contributed by atoms with Crippen molar-refractivity contribution < 1.29 is 9.18 Å². The maximum Gasteiger partial charge on any atom is 0.261 e. The average molecular weight is 582 g/mol. The van der Waals surface area contributed by atoms with Crippen molar-refractivity contribution in [2.45, 2.75) is 18.8 Å². The molecule has 8 nitrogen and oxygen atoms in total. The quantitative estimate of drug-likeness (QED) is 0.451. The number of hydrogen-bond donors (Lipinski definition) is 2. The lowest BCUT2D eigenvalue weighted by Crippen LogP contribution is -2.24. The van der Waals surface area contributed by atoms with Gasteiger partial charge in [-0.2, -0.15) is 5.10 Å². The van der Waals surface area contributed by atoms with Crippen molar-refractivity contribution in [1.29, 1.82) is 0 Å².